The molecule has 2 fully saturated rings. The highest BCUT2D eigenvalue weighted by Crippen LogP contribution is 2.30. The maximum Gasteiger partial charge on any atom is 0.0670 e. The number of anilines is 1. The second kappa shape index (κ2) is 5.81. The molecule has 4 heteroatoms. The van der Waals surface area contributed by atoms with E-state index in [0.29, 0.717) is 6.04 Å². The summed E-state index contributed by atoms with van der Waals surface area (Å²) >= 11 is 3.71. The van der Waals surface area contributed by atoms with Crippen molar-refractivity contribution in [1.82, 2.24) is 5.32 Å². The van der Waals surface area contributed by atoms with Gasteiger partial charge >= 0.3 is 0 Å². The van der Waals surface area contributed by atoms with E-state index >= 15 is 0 Å². The van der Waals surface area contributed by atoms with Crippen LogP contribution >= 0.6 is 15.9 Å². The van der Waals surface area contributed by atoms with E-state index in [2.05, 4.69) is 51.4 Å². The second-order valence-electron chi connectivity index (χ2n) is 5.57. The molecule has 19 heavy (non-hydrogen) atoms. The first-order valence-corrected chi connectivity index (χ1v) is 7.86. The summed E-state index contributed by atoms with van der Waals surface area (Å²) in [5.74, 6) is 0. The van der Waals surface area contributed by atoms with Crippen LogP contribution in [0.3, 0.4) is 0 Å². The Kier molecular flexibility index (Phi) is 4.10. The monoisotopic (exact) mass is 324 g/mol. The fourth-order valence-corrected chi connectivity index (χ4v) is 3.23. The van der Waals surface area contributed by atoms with E-state index in [4.69, 9.17) is 4.74 Å². The highest BCUT2D eigenvalue weighted by molar-refractivity contribution is 9.10. The quantitative estimate of drug-likeness (QED) is 0.901. The molecule has 0 spiro atoms. The van der Waals surface area contributed by atoms with Gasteiger partial charge in [-0.25, -0.2) is 0 Å². The van der Waals surface area contributed by atoms with Gasteiger partial charge in [0.25, 0.3) is 0 Å². The molecule has 0 aromatic heterocycles. The van der Waals surface area contributed by atoms with Crippen LogP contribution in [0.1, 0.15) is 24.8 Å². The lowest BCUT2D eigenvalue weighted by Gasteiger charge is -2.26. The topological polar surface area (TPSA) is 24.5 Å². The van der Waals surface area contributed by atoms with Crippen molar-refractivity contribution in [1.29, 1.82) is 0 Å². The van der Waals surface area contributed by atoms with Crippen LogP contribution < -0.4 is 10.2 Å². The summed E-state index contributed by atoms with van der Waals surface area (Å²) in [6, 6.07) is 7.94. The molecule has 1 aromatic rings. The first kappa shape index (κ1) is 13.4. The van der Waals surface area contributed by atoms with E-state index in [1.165, 1.54) is 28.6 Å². The molecule has 0 radical (unpaired) electrons. The van der Waals surface area contributed by atoms with Crippen LogP contribution in [-0.4, -0.2) is 32.3 Å². The van der Waals surface area contributed by atoms with Crippen LogP contribution in [0, 0.1) is 0 Å². The Balaban J connectivity index is 1.67. The predicted molar refractivity (Wildman–Crippen MR) is 81.6 cm³/mol. The standard InChI is InChI=1S/C15H21BrN2O/c1-18(13-6-7-19-10-13)15-5-2-11(8-14(15)16)9-17-12-3-4-12/h2,5,8,12-13,17H,3-4,6-7,9-10H2,1H3. The number of hydrogen-bond donors (Lipinski definition) is 1. The van der Waals surface area contributed by atoms with Crippen molar-refractivity contribution in [3.8, 4) is 0 Å². The zero-order chi connectivity index (χ0) is 13.2. The second-order valence-corrected chi connectivity index (χ2v) is 6.42. The summed E-state index contributed by atoms with van der Waals surface area (Å²) in [5, 5.41) is 3.55. The van der Waals surface area contributed by atoms with Gasteiger partial charge < -0.3 is 15.0 Å². The Labute approximate surface area is 123 Å². The highest BCUT2D eigenvalue weighted by atomic mass is 79.9. The lowest BCUT2D eigenvalue weighted by molar-refractivity contribution is 0.193. The lowest BCUT2D eigenvalue weighted by Crippen LogP contribution is -2.32. The number of likely N-dealkylation sites (N-methyl/N-ethyl adjacent to an activating group) is 1. The number of halogens is 1. The van der Waals surface area contributed by atoms with E-state index < -0.39 is 0 Å². The molecule has 1 saturated heterocycles. The molecule has 3 nitrogen and oxygen atoms in total. The van der Waals surface area contributed by atoms with Gasteiger partial charge in [-0.1, -0.05) is 6.07 Å². The minimum Gasteiger partial charge on any atom is -0.379 e. The first-order chi connectivity index (χ1) is 9.24. The Morgan fingerprint density at radius 3 is 2.84 bits per heavy atom. The van der Waals surface area contributed by atoms with Gasteiger partial charge in [0.1, 0.15) is 0 Å². The molecular weight excluding hydrogens is 304 g/mol. The molecule has 104 valence electrons. The zero-order valence-electron chi connectivity index (χ0n) is 11.4. The molecule has 1 heterocycles. The van der Waals surface area contributed by atoms with Gasteiger partial charge in [-0.05, 0) is 52.9 Å². The van der Waals surface area contributed by atoms with Crippen molar-refractivity contribution >= 4 is 21.6 Å². The molecule has 1 unspecified atom stereocenters. The number of ether oxygens (including phenoxy) is 1. The normalized spacial score (nSPS) is 22.7. The smallest absolute Gasteiger partial charge is 0.0670 e. The Hall–Kier alpha value is -0.580. The summed E-state index contributed by atoms with van der Waals surface area (Å²) in [7, 11) is 2.15. The molecule has 3 rings (SSSR count). The summed E-state index contributed by atoms with van der Waals surface area (Å²) < 4.78 is 6.65. The highest BCUT2D eigenvalue weighted by Gasteiger charge is 2.22. The molecule has 1 aliphatic carbocycles. The fourth-order valence-electron chi connectivity index (χ4n) is 2.52. The maximum absolute atomic E-state index is 5.47. The minimum absolute atomic E-state index is 0.506. The van der Waals surface area contributed by atoms with Gasteiger partial charge in [-0.15, -0.1) is 0 Å². The van der Waals surface area contributed by atoms with Gasteiger partial charge in [0, 0.05) is 30.7 Å². The first-order valence-electron chi connectivity index (χ1n) is 7.06. The third-order valence-electron chi connectivity index (χ3n) is 4.02. The average molecular weight is 325 g/mol. The van der Waals surface area contributed by atoms with Crippen LogP contribution in [0.2, 0.25) is 0 Å². The largest absolute Gasteiger partial charge is 0.379 e. The predicted octanol–water partition coefficient (Wildman–Crippen LogP) is 2.93. The van der Waals surface area contributed by atoms with Crippen molar-refractivity contribution in [3.05, 3.63) is 28.2 Å². The number of benzene rings is 1. The van der Waals surface area contributed by atoms with E-state index in [-0.39, 0.29) is 0 Å². The van der Waals surface area contributed by atoms with Gasteiger partial charge in [-0.3, -0.25) is 0 Å². The van der Waals surface area contributed by atoms with Crippen LogP contribution in [0.25, 0.3) is 0 Å². The SMILES string of the molecule is CN(c1ccc(CNC2CC2)cc1Br)C1CCOC1. The van der Waals surface area contributed by atoms with E-state index in [1.54, 1.807) is 0 Å². The Morgan fingerprint density at radius 1 is 1.37 bits per heavy atom. The van der Waals surface area contributed by atoms with Crippen molar-refractivity contribution in [3.63, 3.8) is 0 Å². The number of nitrogens with one attached hydrogen (secondary N) is 1. The third kappa shape index (κ3) is 3.30. The molecule has 0 amide bonds. The number of hydrogen-bond acceptors (Lipinski definition) is 3. The zero-order valence-corrected chi connectivity index (χ0v) is 12.9. The summed E-state index contributed by atoms with van der Waals surface area (Å²) in [5.41, 5.74) is 2.60. The number of nitrogens with zero attached hydrogens (tertiary/aromatic N) is 1. The van der Waals surface area contributed by atoms with E-state index in [0.717, 1.165) is 32.2 Å². The summed E-state index contributed by atoms with van der Waals surface area (Å²) in [4.78, 5) is 2.33. The minimum atomic E-state index is 0.506. The molecular formula is C15H21BrN2O. The third-order valence-corrected chi connectivity index (χ3v) is 4.65. The van der Waals surface area contributed by atoms with Crippen LogP contribution in [0.4, 0.5) is 5.69 Å². The van der Waals surface area contributed by atoms with Crippen molar-refractivity contribution in [2.45, 2.75) is 37.9 Å². The Bertz CT molecular complexity index is 442. The van der Waals surface area contributed by atoms with Crippen molar-refractivity contribution in [2.24, 2.45) is 0 Å². The molecule has 2 aliphatic rings. The lowest BCUT2D eigenvalue weighted by atomic mass is 10.1. The van der Waals surface area contributed by atoms with Crippen molar-refractivity contribution in [2.75, 3.05) is 25.2 Å². The van der Waals surface area contributed by atoms with Crippen LogP contribution in [0.5, 0.6) is 0 Å². The van der Waals surface area contributed by atoms with E-state index in [9.17, 15) is 0 Å². The van der Waals surface area contributed by atoms with Gasteiger partial charge in [0.15, 0.2) is 0 Å². The van der Waals surface area contributed by atoms with Gasteiger partial charge in [-0.2, -0.15) is 0 Å². The van der Waals surface area contributed by atoms with Gasteiger partial charge in [0.2, 0.25) is 0 Å². The average Bonchev–Trinajstić information content (AvgIpc) is 3.07. The molecule has 1 aliphatic heterocycles. The van der Waals surface area contributed by atoms with Gasteiger partial charge in [0.05, 0.1) is 18.3 Å². The van der Waals surface area contributed by atoms with Crippen molar-refractivity contribution < 1.29 is 4.74 Å². The van der Waals surface area contributed by atoms with Crippen LogP contribution in [0.15, 0.2) is 22.7 Å². The molecule has 1 aromatic carbocycles. The fraction of sp³-hybridized carbons (Fsp3) is 0.600. The van der Waals surface area contributed by atoms with E-state index in [1.807, 2.05) is 0 Å². The number of rotatable bonds is 5. The molecule has 1 saturated carbocycles. The molecule has 1 atom stereocenters. The Morgan fingerprint density at radius 2 is 2.21 bits per heavy atom. The summed E-state index contributed by atoms with van der Waals surface area (Å²) in [6.45, 7) is 2.70. The maximum atomic E-state index is 5.47. The molecule has 0 bridgehead atoms. The van der Waals surface area contributed by atoms with Crippen LogP contribution in [-0.2, 0) is 11.3 Å². The molecule has 1 N–H and O–H groups in total. The summed E-state index contributed by atoms with van der Waals surface area (Å²) in [6.07, 6.45) is 3.79.